The van der Waals surface area contributed by atoms with E-state index >= 15 is 0 Å². The Balaban J connectivity index is 1.78. The number of rotatable bonds is 3. The minimum Gasteiger partial charge on any atom is -0.347 e. The van der Waals surface area contributed by atoms with Crippen LogP contribution >= 0.6 is 0 Å². The molecule has 1 aliphatic heterocycles. The first-order valence-corrected chi connectivity index (χ1v) is 7.23. The number of nitrogens with one attached hydrogen (secondary N) is 2. The summed E-state index contributed by atoms with van der Waals surface area (Å²) in [4.78, 5) is 31.4. The largest absolute Gasteiger partial charge is 0.347 e. The highest BCUT2D eigenvalue weighted by molar-refractivity contribution is 5.92. The summed E-state index contributed by atoms with van der Waals surface area (Å²) in [5, 5.41) is 0. The van der Waals surface area contributed by atoms with Gasteiger partial charge in [0, 0.05) is 32.0 Å². The van der Waals surface area contributed by atoms with Gasteiger partial charge in [0.25, 0.3) is 5.91 Å². The number of likely N-dealkylation sites (N-methyl/N-ethyl adjacent to an activating group) is 1. The minimum absolute atomic E-state index is 0.00269. The van der Waals surface area contributed by atoms with Crippen LogP contribution in [0.4, 0.5) is 0 Å². The van der Waals surface area contributed by atoms with Crippen molar-refractivity contribution in [3.05, 3.63) is 35.9 Å². The number of aromatic amines is 2. The highest BCUT2D eigenvalue weighted by atomic mass is 16.2. The van der Waals surface area contributed by atoms with Crippen LogP contribution in [0.3, 0.4) is 0 Å². The van der Waals surface area contributed by atoms with Gasteiger partial charge in [0.05, 0.1) is 12.2 Å². The van der Waals surface area contributed by atoms with Crippen molar-refractivity contribution in [3.8, 4) is 0 Å². The van der Waals surface area contributed by atoms with Crippen molar-refractivity contribution < 1.29 is 4.79 Å². The van der Waals surface area contributed by atoms with Crippen molar-refractivity contribution in [3.63, 3.8) is 0 Å². The highest BCUT2D eigenvalue weighted by Crippen LogP contribution is 2.23. The van der Waals surface area contributed by atoms with E-state index in [4.69, 9.17) is 0 Å². The van der Waals surface area contributed by atoms with Gasteiger partial charge < -0.3 is 14.9 Å². The van der Waals surface area contributed by atoms with Gasteiger partial charge in [0.2, 0.25) is 0 Å². The number of imidazole rings is 2. The van der Waals surface area contributed by atoms with Crippen LogP contribution in [0.15, 0.2) is 18.6 Å². The van der Waals surface area contributed by atoms with Gasteiger partial charge in [-0.05, 0) is 13.5 Å². The van der Waals surface area contributed by atoms with Gasteiger partial charge in [-0.2, -0.15) is 0 Å². The van der Waals surface area contributed by atoms with Gasteiger partial charge in [-0.25, -0.2) is 9.97 Å². The lowest BCUT2D eigenvalue weighted by molar-refractivity contribution is 0.0475. The quantitative estimate of drug-likeness (QED) is 0.881. The van der Waals surface area contributed by atoms with Crippen molar-refractivity contribution in [2.24, 2.45) is 0 Å². The van der Waals surface area contributed by atoms with Crippen LogP contribution in [0.2, 0.25) is 0 Å². The van der Waals surface area contributed by atoms with E-state index in [2.05, 4.69) is 31.8 Å². The van der Waals surface area contributed by atoms with Crippen LogP contribution in [0.25, 0.3) is 0 Å². The number of carbonyl (C=O) groups is 1. The summed E-state index contributed by atoms with van der Waals surface area (Å²) in [7, 11) is 0. The maximum atomic E-state index is 12.5. The van der Waals surface area contributed by atoms with Gasteiger partial charge >= 0.3 is 0 Å². The lowest BCUT2D eigenvalue weighted by Gasteiger charge is -2.39. The summed E-state index contributed by atoms with van der Waals surface area (Å²) in [5.74, 6) is 1.67. The SMILES string of the molecule is CCN1CCN(C(=O)c2cnc(C)[nH]2)C[C@H]1c1ncc[nH]1. The van der Waals surface area contributed by atoms with E-state index in [-0.39, 0.29) is 11.9 Å². The molecule has 1 amide bonds. The van der Waals surface area contributed by atoms with E-state index in [0.717, 1.165) is 31.3 Å². The molecule has 0 aliphatic carbocycles. The number of carbonyl (C=O) groups excluding carboxylic acids is 1. The number of aryl methyl sites for hydroxylation is 1. The molecule has 7 heteroatoms. The van der Waals surface area contributed by atoms with E-state index in [1.54, 1.807) is 12.4 Å². The van der Waals surface area contributed by atoms with Gasteiger partial charge in [0.15, 0.2) is 0 Å². The van der Waals surface area contributed by atoms with Crippen LogP contribution in [-0.2, 0) is 0 Å². The van der Waals surface area contributed by atoms with Crippen molar-refractivity contribution in [2.45, 2.75) is 19.9 Å². The summed E-state index contributed by atoms with van der Waals surface area (Å²) >= 11 is 0. The van der Waals surface area contributed by atoms with Crippen molar-refractivity contribution in [2.75, 3.05) is 26.2 Å². The average molecular weight is 288 g/mol. The van der Waals surface area contributed by atoms with Gasteiger partial charge in [-0.3, -0.25) is 9.69 Å². The molecule has 0 bridgehead atoms. The van der Waals surface area contributed by atoms with Crippen LogP contribution < -0.4 is 0 Å². The van der Waals surface area contributed by atoms with Crippen LogP contribution in [0, 0.1) is 6.92 Å². The molecule has 0 unspecified atom stereocenters. The van der Waals surface area contributed by atoms with Gasteiger partial charge in [-0.1, -0.05) is 6.92 Å². The number of hydrogen-bond acceptors (Lipinski definition) is 4. The fourth-order valence-electron chi connectivity index (χ4n) is 2.80. The second-order valence-corrected chi connectivity index (χ2v) is 5.25. The van der Waals surface area contributed by atoms with Crippen LogP contribution in [-0.4, -0.2) is 61.8 Å². The normalized spacial score (nSPS) is 19.9. The van der Waals surface area contributed by atoms with E-state index in [1.165, 1.54) is 0 Å². The molecule has 1 atom stereocenters. The third-order valence-corrected chi connectivity index (χ3v) is 3.95. The Labute approximate surface area is 123 Å². The summed E-state index contributed by atoms with van der Waals surface area (Å²) in [6.45, 7) is 7.13. The number of nitrogens with zero attached hydrogens (tertiary/aromatic N) is 4. The van der Waals surface area contributed by atoms with E-state index in [0.29, 0.717) is 12.2 Å². The summed E-state index contributed by atoms with van der Waals surface area (Å²) < 4.78 is 0. The lowest BCUT2D eigenvalue weighted by atomic mass is 10.1. The zero-order valence-electron chi connectivity index (χ0n) is 12.3. The summed E-state index contributed by atoms with van der Waals surface area (Å²) in [5.41, 5.74) is 0.552. The molecule has 2 N–H and O–H groups in total. The van der Waals surface area contributed by atoms with E-state index in [1.807, 2.05) is 18.0 Å². The predicted octanol–water partition coefficient (Wildman–Crippen LogP) is 0.960. The van der Waals surface area contributed by atoms with E-state index in [9.17, 15) is 4.79 Å². The van der Waals surface area contributed by atoms with Crippen LogP contribution in [0.1, 0.15) is 35.1 Å². The monoisotopic (exact) mass is 288 g/mol. The Kier molecular flexibility index (Phi) is 3.74. The topological polar surface area (TPSA) is 80.9 Å². The molecular formula is C14H20N6O. The molecule has 2 aromatic heterocycles. The average Bonchev–Trinajstić information content (AvgIpc) is 3.17. The minimum atomic E-state index is 0.00269. The third kappa shape index (κ3) is 2.69. The Bertz CT molecular complexity index is 605. The highest BCUT2D eigenvalue weighted by Gasteiger charge is 2.31. The molecule has 0 radical (unpaired) electrons. The molecule has 3 rings (SSSR count). The molecule has 0 saturated carbocycles. The molecule has 112 valence electrons. The van der Waals surface area contributed by atoms with Crippen molar-refractivity contribution in [1.82, 2.24) is 29.7 Å². The second-order valence-electron chi connectivity index (χ2n) is 5.25. The molecule has 0 spiro atoms. The second kappa shape index (κ2) is 5.69. The molecule has 3 heterocycles. The Morgan fingerprint density at radius 1 is 1.43 bits per heavy atom. The predicted molar refractivity (Wildman–Crippen MR) is 77.8 cm³/mol. The molecule has 1 saturated heterocycles. The van der Waals surface area contributed by atoms with Gasteiger partial charge in [-0.15, -0.1) is 0 Å². The fraction of sp³-hybridized carbons (Fsp3) is 0.500. The number of aromatic nitrogens is 4. The Hall–Kier alpha value is -2.15. The maximum Gasteiger partial charge on any atom is 0.272 e. The number of hydrogen-bond donors (Lipinski definition) is 2. The molecule has 1 fully saturated rings. The first kappa shape index (κ1) is 13.8. The number of piperazine rings is 1. The Morgan fingerprint density at radius 2 is 2.29 bits per heavy atom. The zero-order chi connectivity index (χ0) is 14.8. The molecule has 7 nitrogen and oxygen atoms in total. The number of H-pyrrole nitrogens is 2. The maximum absolute atomic E-state index is 12.5. The van der Waals surface area contributed by atoms with Crippen molar-refractivity contribution >= 4 is 5.91 Å². The molecule has 2 aromatic rings. The first-order valence-electron chi connectivity index (χ1n) is 7.23. The summed E-state index contributed by atoms with van der Waals surface area (Å²) in [6, 6.07) is 0.117. The molecule has 21 heavy (non-hydrogen) atoms. The lowest BCUT2D eigenvalue weighted by Crippen LogP contribution is -2.50. The molecule has 1 aliphatic rings. The molecule has 0 aromatic carbocycles. The van der Waals surface area contributed by atoms with Crippen LogP contribution in [0.5, 0.6) is 0 Å². The summed E-state index contributed by atoms with van der Waals surface area (Å²) in [6.07, 6.45) is 5.18. The molecular weight excluding hydrogens is 268 g/mol. The third-order valence-electron chi connectivity index (χ3n) is 3.95. The van der Waals surface area contributed by atoms with Gasteiger partial charge in [0.1, 0.15) is 17.3 Å². The zero-order valence-corrected chi connectivity index (χ0v) is 12.3. The van der Waals surface area contributed by atoms with E-state index < -0.39 is 0 Å². The van der Waals surface area contributed by atoms with Crippen molar-refractivity contribution in [1.29, 1.82) is 0 Å². The Morgan fingerprint density at radius 3 is 2.90 bits per heavy atom. The smallest absolute Gasteiger partial charge is 0.272 e. The first-order chi connectivity index (χ1) is 10.2. The fourth-order valence-corrected chi connectivity index (χ4v) is 2.80. The standard InChI is InChI=1S/C14H20N6O/c1-3-19-6-7-20(9-12(19)13-15-4-5-16-13)14(21)11-8-17-10(2)18-11/h4-5,8,12H,3,6-7,9H2,1-2H3,(H,15,16)(H,17,18)/t12-/m0/s1. The number of amides is 1.